The highest BCUT2D eigenvalue weighted by Crippen LogP contribution is 2.35. The fourth-order valence-corrected chi connectivity index (χ4v) is 4.21. The summed E-state index contributed by atoms with van der Waals surface area (Å²) in [5.74, 6) is -0.308. The quantitative estimate of drug-likeness (QED) is 0.384. The highest BCUT2D eigenvalue weighted by molar-refractivity contribution is 5.93. The van der Waals surface area contributed by atoms with Gasteiger partial charge in [0, 0.05) is 12.6 Å². The summed E-state index contributed by atoms with van der Waals surface area (Å²) in [5, 5.41) is 11.2. The summed E-state index contributed by atoms with van der Waals surface area (Å²) in [6.07, 6.45) is 4.92. The SMILES string of the molecule is O=C(OC1CCc2ccccc21)c1ccc([N+](=O)[O-])cc1OCCN1CCCCC1. The van der Waals surface area contributed by atoms with E-state index < -0.39 is 10.9 Å². The lowest BCUT2D eigenvalue weighted by atomic mass is 10.1. The molecule has 0 spiro atoms. The molecule has 0 saturated carbocycles. The van der Waals surface area contributed by atoms with E-state index in [4.69, 9.17) is 9.47 Å². The largest absolute Gasteiger partial charge is 0.491 e. The third-order valence-electron chi connectivity index (χ3n) is 5.84. The summed E-state index contributed by atoms with van der Waals surface area (Å²) in [6, 6.07) is 12.0. The molecule has 1 aliphatic heterocycles. The summed E-state index contributed by atoms with van der Waals surface area (Å²) in [6.45, 7) is 3.17. The van der Waals surface area contributed by atoms with Crippen LogP contribution in [0.5, 0.6) is 5.75 Å². The first kappa shape index (κ1) is 20.3. The van der Waals surface area contributed by atoms with Crippen LogP contribution in [0.4, 0.5) is 5.69 Å². The zero-order valence-corrected chi connectivity index (χ0v) is 16.9. The minimum absolute atomic E-state index is 0.106. The van der Waals surface area contributed by atoms with Crippen LogP contribution in [0.25, 0.3) is 0 Å². The predicted octanol–water partition coefficient (Wildman–Crippen LogP) is 4.30. The minimum atomic E-state index is -0.514. The monoisotopic (exact) mass is 410 g/mol. The van der Waals surface area contributed by atoms with E-state index in [1.807, 2.05) is 24.3 Å². The molecule has 2 aromatic rings. The molecule has 1 heterocycles. The number of piperidine rings is 1. The smallest absolute Gasteiger partial charge is 0.342 e. The van der Waals surface area contributed by atoms with Gasteiger partial charge in [0.25, 0.3) is 5.69 Å². The molecule has 4 rings (SSSR count). The number of carbonyl (C=O) groups excluding carboxylic acids is 1. The molecule has 30 heavy (non-hydrogen) atoms. The second-order valence-electron chi connectivity index (χ2n) is 7.82. The molecule has 2 aliphatic rings. The average molecular weight is 410 g/mol. The Hall–Kier alpha value is -2.93. The number of ether oxygens (including phenoxy) is 2. The van der Waals surface area contributed by atoms with Gasteiger partial charge in [-0.2, -0.15) is 0 Å². The van der Waals surface area contributed by atoms with Crippen molar-refractivity contribution in [1.82, 2.24) is 4.90 Å². The highest BCUT2D eigenvalue weighted by Gasteiger charge is 2.27. The topological polar surface area (TPSA) is 81.9 Å². The molecule has 1 unspecified atom stereocenters. The lowest BCUT2D eigenvalue weighted by Crippen LogP contribution is -2.33. The third kappa shape index (κ3) is 4.62. The Morgan fingerprint density at radius 3 is 2.73 bits per heavy atom. The number of esters is 1. The molecule has 2 aromatic carbocycles. The zero-order chi connectivity index (χ0) is 20.9. The van der Waals surface area contributed by atoms with Crippen LogP contribution < -0.4 is 4.74 Å². The van der Waals surface area contributed by atoms with Crippen molar-refractivity contribution in [1.29, 1.82) is 0 Å². The maximum atomic E-state index is 12.9. The van der Waals surface area contributed by atoms with Crippen LogP contribution >= 0.6 is 0 Å². The predicted molar refractivity (Wildman–Crippen MR) is 112 cm³/mol. The molecule has 7 nitrogen and oxygen atoms in total. The number of fused-ring (bicyclic) bond motifs is 1. The standard InChI is InChI=1S/C23H26N2O5/c26-23(30-21-11-8-17-6-2-3-7-19(17)21)20-10-9-18(25(27)28)16-22(20)29-15-14-24-12-4-1-5-13-24/h2-3,6-7,9-10,16,21H,1,4-5,8,11-15H2. The summed E-state index contributed by atoms with van der Waals surface area (Å²) in [5.41, 5.74) is 2.34. The van der Waals surface area contributed by atoms with Crippen molar-refractivity contribution in [3.8, 4) is 5.75 Å². The van der Waals surface area contributed by atoms with Crippen molar-refractivity contribution in [2.45, 2.75) is 38.2 Å². The Bertz CT molecular complexity index is 924. The van der Waals surface area contributed by atoms with Crippen molar-refractivity contribution in [3.05, 3.63) is 69.3 Å². The van der Waals surface area contributed by atoms with Gasteiger partial charge >= 0.3 is 5.97 Å². The van der Waals surface area contributed by atoms with Gasteiger partial charge in [-0.05, 0) is 56.0 Å². The van der Waals surface area contributed by atoms with Crippen LogP contribution in [0.3, 0.4) is 0 Å². The summed E-state index contributed by atoms with van der Waals surface area (Å²) >= 11 is 0. The maximum absolute atomic E-state index is 12.9. The molecule has 0 radical (unpaired) electrons. The number of hydrogen-bond donors (Lipinski definition) is 0. The first-order valence-corrected chi connectivity index (χ1v) is 10.5. The third-order valence-corrected chi connectivity index (χ3v) is 5.84. The van der Waals surface area contributed by atoms with E-state index in [2.05, 4.69) is 4.90 Å². The van der Waals surface area contributed by atoms with E-state index in [0.29, 0.717) is 6.61 Å². The number of nitrogens with zero attached hydrogens (tertiary/aromatic N) is 2. The average Bonchev–Trinajstić information content (AvgIpc) is 3.17. The molecule has 0 amide bonds. The van der Waals surface area contributed by atoms with Gasteiger partial charge < -0.3 is 9.47 Å². The summed E-state index contributed by atoms with van der Waals surface area (Å²) in [7, 11) is 0. The molecule has 0 bridgehead atoms. The minimum Gasteiger partial charge on any atom is -0.491 e. The van der Waals surface area contributed by atoms with Crippen molar-refractivity contribution in [2.24, 2.45) is 0 Å². The van der Waals surface area contributed by atoms with Crippen molar-refractivity contribution < 1.29 is 19.2 Å². The Morgan fingerprint density at radius 2 is 1.93 bits per heavy atom. The molecule has 158 valence electrons. The second kappa shape index (κ2) is 9.26. The Kier molecular flexibility index (Phi) is 6.28. The van der Waals surface area contributed by atoms with Gasteiger partial charge in [-0.3, -0.25) is 15.0 Å². The lowest BCUT2D eigenvalue weighted by molar-refractivity contribution is -0.384. The van der Waals surface area contributed by atoms with Crippen LogP contribution in [0.15, 0.2) is 42.5 Å². The molecule has 0 aromatic heterocycles. The van der Waals surface area contributed by atoms with Crippen molar-refractivity contribution in [3.63, 3.8) is 0 Å². The Balaban J connectivity index is 1.47. The van der Waals surface area contributed by atoms with Crippen LogP contribution in [-0.2, 0) is 11.2 Å². The van der Waals surface area contributed by atoms with Crippen LogP contribution in [0.1, 0.15) is 53.3 Å². The summed E-state index contributed by atoms with van der Waals surface area (Å²) < 4.78 is 11.6. The summed E-state index contributed by atoms with van der Waals surface area (Å²) in [4.78, 5) is 25.9. The van der Waals surface area contributed by atoms with E-state index >= 15 is 0 Å². The lowest BCUT2D eigenvalue weighted by Gasteiger charge is -2.26. The molecule has 1 atom stereocenters. The van der Waals surface area contributed by atoms with Gasteiger partial charge in [0.1, 0.15) is 24.0 Å². The molecule has 1 fully saturated rings. The number of non-ortho nitro benzene ring substituents is 1. The van der Waals surface area contributed by atoms with Crippen molar-refractivity contribution >= 4 is 11.7 Å². The van der Waals surface area contributed by atoms with E-state index in [9.17, 15) is 14.9 Å². The number of nitro groups is 1. The van der Waals surface area contributed by atoms with Gasteiger partial charge in [-0.1, -0.05) is 30.7 Å². The highest BCUT2D eigenvalue weighted by atomic mass is 16.6. The van der Waals surface area contributed by atoms with Crippen LogP contribution in [0, 0.1) is 10.1 Å². The fraction of sp³-hybridized carbons (Fsp3) is 0.435. The number of likely N-dealkylation sites (tertiary alicyclic amines) is 1. The molecule has 1 saturated heterocycles. The molecule has 0 N–H and O–H groups in total. The number of carbonyl (C=O) groups is 1. The molecule has 1 aliphatic carbocycles. The van der Waals surface area contributed by atoms with Crippen LogP contribution in [0.2, 0.25) is 0 Å². The van der Waals surface area contributed by atoms with Crippen LogP contribution in [-0.4, -0.2) is 42.0 Å². The van der Waals surface area contributed by atoms with E-state index in [1.165, 1.54) is 43.0 Å². The fourth-order valence-electron chi connectivity index (χ4n) is 4.21. The Morgan fingerprint density at radius 1 is 1.13 bits per heavy atom. The number of nitro benzene ring substituents is 1. The van der Waals surface area contributed by atoms with Gasteiger partial charge in [-0.15, -0.1) is 0 Å². The van der Waals surface area contributed by atoms with Gasteiger partial charge in [0.05, 0.1) is 11.0 Å². The second-order valence-corrected chi connectivity index (χ2v) is 7.82. The van der Waals surface area contributed by atoms with Gasteiger partial charge in [-0.25, -0.2) is 4.79 Å². The molecular weight excluding hydrogens is 384 g/mol. The van der Waals surface area contributed by atoms with E-state index in [-0.39, 0.29) is 23.1 Å². The number of rotatable bonds is 7. The molecular formula is C23H26N2O5. The van der Waals surface area contributed by atoms with Crippen molar-refractivity contribution in [2.75, 3.05) is 26.2 Å². The Labute approximate surface area is 175 Å². The number of aryl methyl sites for hydroxylation is 1. The zero-order valence-electron chi connectivity index (χ0n) is 16.9. The van der Waals surface area contributed by atoms with Gasteiger partial charge in [0.15, 0.2) is 0 Å². The first-order chi connectivity index (χ1) is 14.6. The number of benzene rings is 2. The molecule has 7 heteroatoms. The van der Waals surface area contributed by atoms with E-state index in [1.54, 1.807) is 0 Å². The van der Waals surface area contributed by atoms with Gasteiger partial charge in [0.2, 0.25) is 0 Å². The number of hydrogen-bond acceptors (Lipinski definition) is 6. The maximum Gasteiger partial charge on any atom is 0.342 e. The normalized spacial score (nSPS) is 18.6. The van der Waals surface area contributed by atoms with E-state index in [0.717, 1.165) is 38.0 Å². The first-order valence-electron chi connectivity index (χ1n) is 10.5.